The van der Waals surface area contributed by atoms with E-state index < -0.39 is 38.4 Å². The fraction of sp³-hybridized carbons (Fsp3) is 0.906. The van der Waals surface area contributed by atoms with E-state index in [1.165, 1.54) is 57.8 Å². The summed E-state index contributed by atoms with van der Waals surface area (Å²) in [6.07, 6.45) is 17.5. The van der Waals surface area contributed by atoms with Gasteiger partial charge in [-0.3, -0.25) is 23.4 Å². The average Bonchev–Trinajstić information content (AvgIpc) is 2.93. The van der Waals surface area contributed by atoms with Gasteiger partial charge in [-0.25, -0.2) is 4.57 Å². The van der Waals surface area contributed by atoms with E-state index in [0.717, 1.165) is 19.3 Å². The lowest BCUT2D eigenvalue weighted by atomic mass is 10.0. The van der Waals surface area contributed by atoms with E-state index in [-0.39, 0.29) is 32.5 Å². The molecule has 2 N–H and O–H groups in total. The summed E-state index contributed by atoms with van der Waals surface area (Å²) in [5.41, 5.74) is 0. The number of nitrogens with zero attached hydrogens (tertiary/aromatic N) is 1. The Morgan fingerprint density at radius 2 is 1.11 bits per heavy atom. The van der Waals surface area contributed by atoms with Gasteiger partial charge < -0.3 is 24.0 Å². The zero-order valence-electron chi connectivity index (χ0n) is 28.1. The van der Waals surface area contributed by atoms with Crippen LogP contribution < -0.4 is 0 Å². The van der Waals surface area contributed by atoms with Crippen molar-refractivity contribution in [2.45, 2.75) is 141 Å². The molecule has 0 bridgehead atoms. The predicted octanol–water partition coefficient (Wildman–Crippen LogP) is 7.19. The Labute approximate surface area is 266 Å². The summed E-state index contributed by atoms with van der Waals surface area (Å²) in [5, 5.41) is 8.71. The van der Waals surface area contributed by atoms with Crippen molar-refractivity contribution in [3.8, 4) is 0 Å². The van der Waals surface area contributed by atoms with Crippen molar-refractivity contribution in [1.82, 2.24) is 0 Å². The molecule has 0 heterocycles. The van der Waals surface area contributed by atoms with Gasteiger partial charge in [-0.15, -0.1) is 0 Å². The van der Waals surface area contributed by atoms with E-state index in [0.29, 0.717) is 43.1 Å². The van der Waals surface area contributed by atoms with Crippen molar-refractivity contribution >= 4 is 25.7 Å². The van der Waals surface area contributed by atoms with Crippen LogP contribution in [0.2, 0.25) is 0 Å². The van der Waals surface area contributed by atoms with E-state index in [1.54, 1.807) is 0 Å². The van der Waals surface area contributed by atoms with Crippen LogP contribution in [0.25, 0.3) is 0 Å². The minimum absolute atomic E-state index is 0.00226. The predicted molar refractivity (Wildman–Crippen MR) is 171 cm³/mol. The fourth-order valence-electron chi connectivity index (χ4n) is 4.45. The van der Waals surface area contributed by atoms with Crippen LogP contribution >= 0.6 is 7.82 Å². The standard InChI is InChI=1S/C32H62NO10P/c1-5-6-7-8-9-10-11-12-13-14-15-16-20-23-31(36)40-27-29(28-42-44(38,39)41-26-25-33(2,3)4)43-32(37)24-21-18-17-19-22-30(34)35/h29H,5-28H2,1-4H3,(H-,34,35,38,39)/p+1/t29-/m1/s1. The number of carbonyl (C=O) groups is 3. The second-order valence-electron chi connectivity index (χ2n) is 12.7. The van der Waals surface area contributed by atoms with Gasteiger partial charge in [-0.05, 0) is 19.3 Å². The Morgan fingerprint density at radius 3 is 1.59 bits per heavy atom. The third kappa shape index (κ3) is 30.5. The summed E-state index contributed by atoms with van der Waals surface area (Å²) in [5.74, 6) is -1.82. The molecule has 0 aromatic carbocycles. The molecular formula is C32H63NO10P+. The number of carboxylic acid groups (broad SMARTS) is 1. The van der Waals surface area contributed by atoms with Gasteiger partial charge in [0.25, 0.3) is 0 Å². The normalized spacial score (nSPS) is 13.8. The minimum Gasteiger partial charge on any atom is -0.481 e. The van der Waals surface area contributed by atoms with Crippen molar-refractivity contribution in [1.29, 1.82) is 0 Å². The number of quaternary nitrogens is 1. The van der Waals surface area contributed by atoms with Crippen molar-refractivity contribution in [2.75, 3.05) is 47.5 Å². The van der Waals surface area contributed by atoms with Gasteiger partial charge in [0, 0.05) is 19.3 Å². The number of phosphoric ester groups is 1. The number of unbranched alkanes of at least 4 members (excludes halogenated alkanes) is 15. The number of hydrogen-bond acceptors (Lipinski definition) is 8. The van der Waals surface area contributed by atoms with Gasteiger partial charge in [-0.1, -0.05) is 96.8 Å². The molecule has 1 unspecified atom stereocenters. The van der Waals surface area contributed by atoms with Gasteiger partial charge >= 0.3 is 25.7 Å². The molecular weight excluding hydrogens is 589 g/mol. The molecule has 0 aliphatic carbocycles. The van der Waals surface area contributed by atoms with E-state index in [2.05, 4.69) is 6.92 Å². The highest BCUT2D eigenvalue weighted by Gasteiger charge is 2.27. The lowest BCUT2D eigenvalue weighted by Crippen LogP contribution is -2.37. The number of likely N-dealkylation sites (N-methyl/N-ethyl adjacent to an activating group) is 1. The Hall–Kier alpha value is -1.52. The topological polar surface area (TPSA) is 146 Å². The lowest BCUT2D eigenvalue weighted by Gasteiger charge is -2.24. The summed E-state index contributed by atoms with van der Waals surface area (Å²) < 4.78 is 33.6. The van der Waals surface area contributed by atoms with Gasteiger partial charge in [0.1, 0.15) is 19.8 Å². The van der Waals surface area contributed by atoms with Gasteiger partial charge in [0.15, 0.2) is 6.10 Å². The fourth-order valence-corrected chi connectivity index (χ4v) is 5.19. The Morgan fingerprint density at radius 1 is 0.659 bits per heavy atom. The summed E-state index contributed by atoms with van der Waals surface area (Å²) in [6.45, 7) is 1.96. The monoisotopic (exact) mass is 652 g/mol. The van der Waals surface area contributed by atoms with E-state index in [1.807, 2.05) is 21.1 Å². The van der Waals surface area contributed by atoms with Crippen LogP contribution in [0, 0.1) is 0 Å². The molecule has 0 fully saturated rings. The zero-order chi connectivity index (χ0) is 33.1. The molecule has 44 heavy (non-hydrogen) atoms. The number of ether oxygens (including phenoxy) is 2. The number of esters is 2. The van der Waals surface area contributed by atoms with Crippen LogP contribution in [0.5, 0.6) is 0 Å². The SMILES string of the molecule is CCCCCCCCCCCCCCCC(=O)OC[C@H](COP(=O)(O)OCC[N+](C)(C)C)OC(=O)CCCCCCC(=O)O. The molecule has 0 amide bonds. The third-order valence-electron chi connectivity index (χ3n) is 7.17. The number of rotatable bonds is 31. The molecule has 0 saturated heterocycles. The largest absolute Gasteiger partial charge is 0.481 e. The molecule has 0 radical (unpaired) electrons. The molecule has 0 aromatic heterocycles. The molecule has 0 saturated carbocycles. The first-order valence-corrected chi connectivity index (χ1v) is 18.3. The molecule has 12 heteroatoms. The molecule has 0 aliphatic rings. The molecule has 0 aromatic rings. The van der Waals surface area contributed by atoms with Crippen molar-refractivity contribution in [3.63, 3.8) is 0 Å². The van der Waals surface area contributed by atoms with Gasteiger partial charge in [0.05, 0.1) is 27.7 Å². The highest BCUT2D eigenvalue weighted by molar-refractivity contribution is 7.47. The van der Waals surface area contributed by atoms with Crippen LogP contribution in [-0.4, -0.2) is 86.0 Å². The highest BCUT2D eigenvalue weighted by atomic mass is 31.2. The van der Waals surface area contributed by atoms with Crippen molar-refractivity contribution in [3.05, 3.63) is 0 Å². The minimum atomic E-state index is -4.40. The van der Waals surface area contributed by atoms with Crippen LogP contribution in [0.4, 0.5) is 0 Å². The first-order chi connectivity index (χ1) is 20.8. The number of carboxylic acids is 1. The van der Waals surface area contributed by atoms with Crippen LogP contribution in [0.3, 0.4) is 0 Å². The molecule has 0 spiro atoms. The van der Waals surface area contributed by atoms with E-state index in [4.69, 9.17) is 23.6 Å². The molecule has 11 nitrogen and oxygen atoms in total. The van der Waals surface area contributed by atoms with Crippen LogP contribution in [-0.2, 0) is 37.5 Å². The maximum Gasteiger partial charge on any atom is 0.472 e. The highest BCUT2D eigenvalue weighted by Crippen LogP contribution is 2.43. The summed E-state index contributed by atoms with van der Waals surface area (Å²) >= 11 is 0. The Balaban J connectivity index is 4.41. The lowest BCUT2D eigenvalue weighted by molar-refractivity contribution is -0.870. The second kappa shape index (κ2) is 26.7. The Bertz CT molecular complexity index is 802. The van der Waals surface area contributed by atoms with Gasteiger partial charge in [-0.2, -0.15) is 0 Å². The quantitative estimate of drug-likeness (QED) is 0.0342. The third-order valence-corrected chi connectivity index (χ3v) is 8.16. The Kier molecular flexibility index (Phi) is 25.8. The summed E-state index contributed by atoms with van der Waals surface area (Å²) in [6, 6.07) is 0. The van der Waals surface area contributed by atoms with Crippen molar-refractivity contribution < 1.29 is 52.0 Å². The maximum absolute atomic E-state index is 12.4. The average molecular weight is 653 g/mol. The first kappa shape index (κ1) is 42.5. The summed E-state index contributed by atoms with van der Waals surface area (Å²) in [4.78, 5) is 45.3. The number of carbonyl (C=O) groups excluding carboxylic acids is 2. The number of hydrogen-bond donors (Lipinski definition) is 2. The summed E-state index contributed by atoms with van der Waals surface area (Å²) in [7, 11) is 1.35. The van der Waals surface area contributed by atoms with E-state index >= 15 is 0 Å². The zero-order valence-corrected chi connectivity index (χ0v) is 29.0. The maximum atomic E-state index is 12.4. The number of aliphatic carboxylic acids is 1. The van der Waals surface area contributed by atoms with Gasteiger partial charge in [0.2, 0.25) is 0 Å². The molecule has 260 valence electrons. The second-order valence-corrected chi connectivity index (χ2v) is 14.2. The van der Waals surface area contributed by atoms with Crippen LogP contribution in [0.1, 0.15) is 135 Å². The van der Waals surface area contributed by atoms with E-state index in [9.17, 15) is 23.8 Å². The molecule has 0 rings (SSSR count). The molecule has 0 aliphatic heterocycles. The smallest absolute Gasteiger partial charge is 0.472 e. The number of phosphoric acid groups is 1. The first-order valence-electron chi connectivity index (χ1n) is 16.8. The van der Waals surface area contributed by atoms with Crippen molar-refractivity contribution in [2.24, 2.45) is 0 Å². The molecule has 2 atom stereocenters. The van der Waals surface area contributed by atoms with Crippen LogP contribution in [0.15, 0.2) is 0 Å².